The summed E-state index contributed by atoms with van der Waals surface area (Å²) in [5.74, 6) is 0.661. The topological polar surface area (TPSA) is 59.8 Å². The fraction of sp³-hybridized carbons (Fsp3) is 0.0625. The Balaban J connectivity index is 1.53. The number of nitrogens with one attached hydrogen (secondary N) is 1. The van der Waals surface area contributed by atoms with Crippen molar-refractivity contribution in [2.45, 2.75) is 6.54 Å². The Kier molecular flexibility index (Phi) is 4.99. The van der Waals surface area contributed by atoms with E-state index < -0.39 is 0 Å². The summed E-state index contributed by atoms with van der Waals surface area (Å²) in [6.45, 7) is 0.439. The second kappa shape index (κ2) is 7.34. The average molecular weight is 389 g/mol. The van der Waals surface area contributed by atoms with Crippen molar-refractivity contribution in [1.29, 1.82) is 0 Å². The van der Waals surface area contributed by atoms with Crippen molar-refractivity contribution in [3.8, 4) is 5.82 Å². The molecule has 0 aromatic carbocycles. The third kappa shape index (κ3) is 4.37. The lowest BCUT2D eigenvalue weighted by Gasteiger charge is -2.04. The molecule has 23 heavy (non-hydrogen) atoms. The van der Waals surface area contributed by atoms with Crippen LogP contribution in [0.25, 0.3) is 11.9 Å². The van der Waals surface area contributed by atoms with Gasteiger partial charge in [0, 0.05) is 36.1 Å². The minimum absolute atomic E-state index is 0.131. The molecule has 3 heterocycles. The number of hydrogen-bond acceptors (Lipinski definition) is 4. The predicted molar refractivity (Wildman–Crippen MR) is 94.3 cm³/mol. The summed E-state index contributed by atoms with van der Waals surface area (Å²) < 4.78 is 2.87. The van der Waals surface area contributed by atoms with E-state index in [1.807, 2.05) is 35.0 Å². The number of hydrogen-bond donors (Lipinski definition) is 1. The van der Waals surface area contributed by atoms with Crippen molar-refractivity contribution in [2.75, 3.05) is 0 Å². The first-order chi connectivity index (χ1) is 11.2. The zero-order chi connectivity index (χ0) is 16.1. The summed E-state index contributed by atoms with van der Waals surface area (Å²) in [6, 6.07) is 7.73. The number of amides is 1. The highest BCUT2D eigenvalue weighted by Crippen LogP contribution is 2.22. The van der Waals surface area contributed by atoms with Crippen LogP contribution in [0.2, 0.25) is 0 Å². The Morgan fingerprint density at radius 1 is 1.35 bits per heavy atom. The van der Waals surface area contributed by atoms with Gasteiger partial charge in [0.25, 0.3) is 0 Å². The highest BCUT2D eigenvalue weighted by molar-refractivity contribution is 9.11. The van der Waals surface area contributed by atoms with Crippen LogP contribution in [0, 0.1) is 0 Å². The van der Waals surface area contributed by atoms with Crippen LogP contribution in [0.15, 0.2) is 59.0 Å². The smallest absolute Gasteiger partial charge is 0.244 e. The zero-order valence-corrected chi connectivity index (χ0v) is 14.4. The maximum Gasteiger partial charge on any atom is 0.244 e. The quantitative estimate of drug-likeness (QED) is 0.681. The minimum Gasteiger partial charge on any atom is -0.348 e. The number of pyridine rings is 1. The molecule has 0 saturated heterocycles. The third-order valence-electron chi connectivity index (χ3n) is 3.04. The lowest BCUT2D eigenvalue weighted by Crippen LogP contribution is -2.20. The van der Waals surface area contributed by atoms with Crippen molar-refractivity contribution in [3.63, 3.8) is 0 Å². The van der Waals surface area contributed by atoms with E-state index in [0.29, 0.717) is 6.54 Å². The SMILES string of the molecule is O=C(/C=C/c1ccc(Br)s1)NCc1ccc(-n2ccnc2)nc1. The average Bonchev–Trinajstić information content (AvgIpc) is 3.23. The molecule has 1 amide bonds. The van der Waals surface area contributed by atoms with E-state index in [2.05, 4.69) is 31.2 Å². The number of carbonyl (C=O) groups excluding carboxylic acids is 1. The first kappa shape index (κ1) is 15.6. The van der Waals surface area contributed by atoms with Crippen LogP contribution >= 0.6 is 27.3 Å². The van der Waals surface area contributed by atoms with Gasteiger partial charge in [-0.1, -0.05) is 6.07 Å². The molecule has 0 atom stereocenters. The summed E-state index contributed by atoms with van der Waals surface area (Å²) >= 11 is 4.97. The van der Waals surface area contributed by atoms with Crippen molar-refractivity contribution in [2.24, 2.45) is 0 Å². The van der Waals surface area contributed by atoms with Crippen LogP contribution < -0.4 is 5.32 Å². The predicted octanol–water partition coefficient (Wildman–Crippen LogP) is 3.42. The Bertz CT molecular complexity index is 809. The number of rotatable bonds is 5. The standard InChI is InChI=1S/C16H13BrN4OS/c17-14-4-2-13(23-14)3-6-16(22)20-10-12-1-5-15(19-9-12)21-8-7-18-11-21/h1-9,11H,10H2,(H,20,22)/b6-3+. The molecule has 0 aliphatic carbocycles. The molecule has 0 unspecified atom stereocenters. The molecule has 7 heteroatoms. The molecule has 3 aromatic heterocycles. The maximum atomic E-state index is 11.8. The Labute approximate surface area is 145 Å². The van der Waals surface area contributed by atoms with Gasteiger partial charge in [-0.05, 0) is 45.8 Å². The Hall–Kier alpha value is -2.25. The van der Waals surface area contributed by atoms with Gasteiger partial charge in [-0.2, -0.15) is 0 Å². The third-order valence-corrected chi connectivity index (χ3v) is 4.63. The molecule has 0 bridgehead atoms. The fourth-order valence-corrected chi connectivity index (χ4v) is 3.22. The maximum absolute atomic E-state index is 11.8. The van der Waals surface area contributed by atoms with Gasteiger partial charge in [-0.25, -0.2) is 9.97 Å². The van der Waals surface area contributed by atoms with Crippen LogP contribution in [0.1, 0.15) is 10.4 Å². The molecule has 3 aromatic rings. The Morgan fingerprint density at radius 3 is 2.91 bits per heavy atom. The number of imidazole rings is 1. The van der Waals surface area contributed by atoms with E-state index in [0.717, 1.165) is 20.0 Å². The monoisotopic (exact) mass is 388 g/mol. The molecular weight excluding hydrogens is 376 g/mol. The highest BCUT2D eigenvalue weighted by Gasteiger charge is 2.00. The second-order valence-corrected chi connectivity index (χ2v) is 7.18. The number of carbonyl (C=O) groups is 1. The fourth-order valence-electron chi connectivity index (χ4n) is 1.89. The van der Waals surface area contributed by atoms with Gasteiger partial charge in [0.1, 0.15) is 12.1 Å². The highest BCUT2D eigenvalue weighted by atomic mass is 79.9. The van der Waals surface area contributed by atoms with Gasteiger partial charge in [0.15, 0.2) is 0 Å². The molecule has 116 valence electrons. The number of thiophene rings is 1. The molecule has 1 N–H and O–H groups in total. The van der Waals surface area contributed by atoms with Gasteiger partial charge in [0.2, 0.25) is 5.91 Å². The van der Waals surface area contributed by atoms with Crippen LogP contribution in [-0.4, -0.2) is 20.4 Å². The zero-order valence-electron chi connectivity index (χ0n) is 12.0. The van der Waals surface area contributed by atoms with Crippen molar-refractivity contribution >= 4 is 39.2 Å². The lowest BCUT2D eigenvalue weighted by molar-refractivity contribution is -0.116. The summed E-state index contributed by atoms with van der Waals surface area (Å²) in [5.41, 5.74) is 0.939. The van der Waals surface area contributed by atoms with E-state index in [1.165, 1.54) is 6.08 Å². The van der Waals surface area contributed by atoms with Gasteiger partial charge in [-0.15, -0.1) is 11.3 Å². The van der Waals surface area contributed by atoms with Crippen molar-refractivity contribution < 1.29 is 4.79 Å². The Morgan fingerprint density at radius 2 is 2.26 bits per heavy atom. The van der Waals surface area contributed by atoms with Gasteiger partial charge < -0.3 is 5.32 Å². The van der Waals surface area contributed by atoms with Crippen LogP contribution in [0.4, 0.5) is 0 Å². The van der Waals surface area contributed by atoms with Crippen molar-refractivity contribution in [3.05, 3.63) is 69.5 Å². The van der Waals surface area contributed by atoms with Crippen LogP contribution in [-0.2, 0) is 11.3 Å². The second-order valence-electron chi connectivity index (χ2n) is 4.69. The van der Waals surface area contributed by atoms with Crippen LogP contribution in [0.3, 0.4) is 0 Å². The summed E-state index contributed by atoms with van der Waals surface area (Å²) in [4.78, 5) is 21.2. The summed E-state index contributed by atoms with van der Waals surface area (Å²) in [7, 11) is 0. The first-order valence-electron chi connectivity index (χ1n) is 6.85. The molecule has 3 rings (SSSR count). The van der Waals surface area contributed by atoms with Gasteiger partial charge in [-0.3, -0.25) is 9.36 Å². The molecule has 0 radical (unpaired) electrons. The minimum atomic E-state index is -0.131. The number of halogens is 1. The van der Waals surface area contributed by atoms with E-state index in [4.69, 9.17) is 0 Å². The molecule has 0 fully saturated rings. The molecule has 0 spiro atoms. The molecule has 0 saturated carbocycles. The van der Waals surface area contributed by atoms with Gasteiger partial charge in [0.05, 0.1) is 3.79 Å². The van der Waals surface area contributed by atoms with E-state index >= 15 is 0 Å². The first-order valence-corrected chi connectivity index (χ1v) is 8.46. The largest absolute Gasteiger partial charge is 0.348 e. The number of aromatic nitrogens is 3. The van der Waals surface area contributed by atoms with E-state index in [-0.39, 0.29) is 5.91 Å². The summed E-state index contributed by atoms with van der Waals surface area (Å²) in [5, 5.41) is 2.84. The van der Waals surface area contributed by atoms with Gasteiger partial charge >= 0.3 is 0 Å². The molecule has 0 aliphatic heterocycles. The molecule has 0 aliphatic rings. The normalized spacial score (nSPS) is 11.0. The summed E-state index contributed by atoms with van der Waals surface area (Å²) in [6.07, 6.45) is 10.3. The van der Waals surface area contributed by atoms with E-state index in [1.54, 1.807) is 36.1 Å². The molecule has 5 nitrogen and oxygen atoms in total. The van der Waals surface area contributed by atoms with Crippen LogP contribution in [0.5, 0.6) is 0 Å². The lowest BCUT2D eigenvalue weighted by atomic mass is 10.2. The van der Waals surface area contributed by atoms with Crippen molar-refractivity contribution in [1.82, 2.24) is 19.9 Å². The molecular formula is C16H13BrN4OS. The van der Waals surface area contributed by atoms with E-state index in [9.17, 15) is 4.79 Å². The number of nitrogens with zero attached hydrogens (tertiary/aromatic N) is 3.